The van der Waals surface area contributed by atoms with Crippen LogP contribution in [-0.4, -0.2) is 52.3 Å². The summed E-state index contributed by atoms with van der Waals surface area (Å²) >= 11 is 4.28. The minimum absolute atomic E-state index is 0.0691. The van der Waals surface area contributed by atoms with Gasteiger partial charge in [0.1, 0.15) is 17.7 Å². The lowest BCUT2D eigenvalue weighted by Gasteiger charge is -2.36. The van der Waals surface area contributed by atoms with Gasteiger partial charge < -0.3 is 20.3 Å². The normalized spacial score (nSPS) is 13.7. The van der Waals surface area contributed by atoms with Crippen molar-refractivity contribution in [3.63, 3.8) is 0 Å². The van der Waals surface area contributed by atoms with Crippen LogP contribution in [0.15, 0.2) is 24.3 Å². The maximum atomic E-state index is 13.6. The maximum absolute atomic E-state index is 13.6. The van der Waals surface area contributed by atoms with Crippen LogP contribution < -0.4 is 10.6 Å². The molecule has 0 aliphatic heterocycles. The fraction of sp³-hybridized carbons (Fsp3) is 0.625. The second kappa shape index (κ2) is 11.6. The number of amides is 3. The molecule has 0 aromatic heterocycles. The van der Waals surface area contributed by atoms with Crippen LogP contribution in [0.3, 0.4) is 0 Å². The Hall–Kier alpha value is -2.22. The summed E-state index contributed by atoms with van der Waals surface area (Å²) in [6, 6.07) is 5.73. The van der Waals surface area contributed by atoms with E-state index in [4.69, 9.17) is 4.74 Å². The van der Waals surface area contributed by atoms with Crippen molar-refractivity contribution in [2.24, 2.45) is 0 Å². The molecule has 1 aromatic carbocycles. The summed E-state index contributed by atoms with van der Waals surface area (Å²) in [6.07, 6.45) is -0.0595. The third-order valence-corrected chi connectivity index (χ3v) is 4.83. The maximum Gasteiger partial charge on any atom is 0.408 e. The SMILES string of the molecule is CCCN(C(=O)C(CS)NC(=O)OC(C)(C)C)C(C(=O)NC(C)(C)C)c1ccccc1C. The molecule has 0 heterocycles. The third-order valence-electron chi connectivity index (χ3n) is 4.46. The largest absolute Gasteiger partial charge is 0.444 e. The monoisotopic (exact) mass is 465 g/mol. The molecule has 0 aliphatic carbocycles. The van der Waals surface area contributed by atoms with Crippen molar-refractivity contribution in [3.05, 3.63) is 35.4 Å². The molecule has 180 valence electrons. The van der Waals surface area contributed by atoms with E-state index in [9.17, 15) is 14.4 Å². The first kappa shape index (κ1) is 27.8. The molecule has 32 heavy (non-hydrogen) atoms. The van der Waals surface area contributed by atoms with Gasteiger partial charge in [0.2, 0.25) is 11.8 Å². The minimum Gasteiger partial charge on any atom is -0.444 e. The van der Waals surface area contributed by atoms with Gasteiger partial charge in [-0.3, -0.25) is 9.59 Å². The second-order valence-electron chi connectivity index (χ2n) is 9.91. The summed E-state index contributed by atoms with van der Waals surface area (Å²) < 4.78 is 5.30. The standard InChI is InChI=1S/C24H39N3O4S/c1-9-14-27(21(29)18(15-32)25-22(30)31-24(6,7)8)19(20(28)26-23(3,4)5)17-13-11-10-12-16(17)2/h10-13,18-19,32H,9,14-15H2,1-8H3,(H,25,30)(H,26,28). The van der Waals surface area contributed by atoms with Gasteiger partial charge in [-0.1, -0.05) is 31.2 Å². The van der Waals surface area contributed by atoms with Gasteiger partial charge in [-0.05, 0) is 66.0 Å². The highest BCUT2D eigenvalue weighted by molar-refractivity contribution is 7.80. The number of ether oxygens (including phenoxy) is 1. The van der Waals surface area contributed by atoms with E-state index in [2.05, 4.69) is 23.3 Å². The Kier molecular flexibility index (Phi) is 10.1. The quantitative estimate of drug-likeness (QED) is 0.506. The number of benzene rings is 1. The first-order valence-corrected chi connectivity index (χ1v) is 11.6. The van der Waals surface area contributed by atoms with Crippen LogP contribution in [0.5, 0.6) is 0 Å². The number of thiol groups is 1. The highest BCUT2D eigenvalue weighted by atomic mass is 32.1. The van der Waals surface area contributed by atoms with Crippen molar-refractivity contribution >= 4 is 30.5 Å². The fourth-order valence-corrected chi connectivity index (χ4v) is 3.47. The molecule has 8 heteroatoms. The smallest absolute Gasteiger partial charge is 0.408 e. The number of nitrogens with zero attached hydrogens (tertiary/aromatic N) is 1. The summed E-state index contributed by atoms with van der Waals surface area (Å²) in [6.45, 7) is 15.1. The number of hydrogen-bond acceptors (Lipinski definition) is 5. The molecule has 3 amide bonds. The first-order valence-electron chi connectivity index (χ1n) is 11.0. The summed E-state index contributed by atoms with van der Waals surface area (Å²) in [7, 11) is 0. The van der Waals surface area contributed by atoms with Crippen LogP contribution in [0.1, 0.15) is 72.1 Å². The third kappa shape index (κ3) is 8.73. The highest BCUT2D eigenvalue weighted by Crippen LogP contribution is 2.26. The average Bonchev–Trinajstić information content (AvgIpc) is 2.63. The second-order valence-corrected chi connectivity index (χ2v) is 10.3. The minimum atomic E-state index is -0.936. The Morgan fingerprint density at radius 1 is 1.09 bits per heavy atom. The van der Waals surface area contributed by atoms with Crippen molar-refractivity contribution in [1.29, 1.82) is 0 Å². The number of nitrogens with one attached hydrogen (secondary N) is 2. The van der Waals surface area contributed by atoms with Gasteiger partial charge in [-0.2, -0.15) is 12.6 Å². The van der Waals surface area contributed by atoms with Gasteiger partial charge in [0.15, 0.2) is 0 Å². The van der Waals surface area contributed by atoms with E-state index in [1.54, 1.807) is 20.8 Å². The molecule has 0 saturated heterocycles. The van der Waals surface area contributed by atoms with Crippen LogP contribution in [0, 0.1) is 6.92 Å². The van der Waals surface area contributed by atoms with E-state index in [0.717, 1.165) is 11.1 Å². The zero-order valence-corrected chi connectivity index (χ0v) is 21.5. The molecule has 0 fully saturated rings. The molecule has 1 rings (SSSR count). The molecule has 0 aliphatic rings. The number of hydrogen-bond donors (Lipinski definition) is 3. The fourth-order valence-electron chi connectivity index (χ4n) is 3.23. The Morgan fingerprint density at radius 2 is 1.69 bits per heavy atom. The van der Waals surface area contributed by atoms with E-state index >= 15 is 0 Å². The van der Waals surface area contributed by atoms with Gasteiger partial charge >= 0.3 is 6.09 Å². The van der Waals surface area contributed by atoms with Crippen molar-refractivity contribution < 1.29 is 19.1 Å². The Balaban J connectivity index is 3.37. The lowest BCUT2D eigenvalue weighted by molar-refractivity contribution is -0.142. The van der Waals surface area contributed by atoms with Crippen LogP contribution in [0.4, 0.5) is 4.79 Å². The first-order chi connectivity index (χ1) is 14.7. The summed E-state index contributed by atoms with van der Waals surface area (Å²) in [5, 5.41) is 5.61. The molecule has 0 radical (unpaired) electrons. The molecule has 0 saturated carbocycles. The van der Waals surface area contributed by atoms with Gasteiger partial charge in [0.05, 0.1) is 0 Å². The number of carbonyl (C=O) groups excluding carboxylic acids is 3. The molecule has 0 spiro atoms. The van der Waals surface area contributed by atoms with Crippen molar-refractivity contribution in [1.82, 2.24) is 15.5 Å². The number of alkyl carbamates (subject to hydrolysis) is 1. The van der Waals surface area contributed by atoms with E-state index in [0.29, 0.717) is 13.0 Å². The van der Waals surface area contributed by atoms with Crippen molar-refractivity contribution in [2.45, 2.75) is 85.0 Å². The zero-order chi connectivity index (χ0) is 24.7. The summed E-state index contributed by atoms with van der Waals surface area (Å²) in [4.78, 5) is 40.8. The number of aryl methyl sites for hydroxylation is 1. The Labute approximate surface area is 198 Å². The van der Waals surface area contributed by atoms with Gasteiger partial charge in [0.25, 0.3) is 0 Å². The number of carbonyl (C=O) groups is 3. The lowest BCUT2D eigenvalue weighted by Crippen LogP contribution is -2.55. The van der Waals surface area contributed by atoms with Crippen LogP contribution in [0.25, 0.3) is 0 Å². The van der Waals surface area contributed by atoms with Crippen LogP contribution in [-0.2, 0) is 14.3 Å². The van der Waals surface area contributed by atoms with Crippen LogP contribution in [0.2, 0.25) is 0 Å². The molecular formula is C24H39N3O4S. The highest BCUT2D eigenvalue weighted by Gasteiger charge is 2.37. The molecule has 1 aromatic rings. The van der Waals surface area contributed by atoms with Crippen molar-refractivity contribution in [2.75, 3.05) is 12.3 Å². The molecular weight excluding hydrogens is 426 g/mol. The van der Waals surface area contributed by atoms with E-state index in [1.165, 1.54) is 4.90 Å². The molecule has 2 unspecified atom stereocenters. The average molecular weight is 466 g/mol. The molecule has 0 bridgehead atoms. The van der Waals surface area contributed by atoms with E-state index in [-0.39, 0.29) is 17.6 Å². The van der Waals surface area contributed by atoms with Gasteiger partial charge in [-0.15, -0.1) is 0 Å². The summed E-state index contributed by atoms with van der Waals surface area (Å²) in [5.41, 5.74) is 0.467. The van der Waals surface area contributed by atoms with Crippen LogP contribution >= 0.6 is 12.6 Å². The predicted molar refractivity (Wildman–Crippen MR) is 131 cm³/mol. The lowest BCUT2D eigenvalue weighted by atomic mass is 9.97. The zero-order valence-electron chi connectivity index (χ0n) is 20.6. The van der Waals surface area contributed by atoms with Crippen molar-refractivity contribution in [3.8, 4) is 0 Å². The molecule has 2 N–H and O–H groups in total. The summed E-state index contributed by atoms with van der Waals surface area (Å²) in [5.74, 6) is -0.589. The molecule has 2 atom stereocenters. The predicted octanol–water partition coefficient (Wildman–Crippen LogP) is 4.01. The van der Waals surface area contributed by atoms with Gasteiger partial charge in [0, 0.05) is 17.8 Å². The Morgan fingerprint density at radius 3 is 2.16 bits per heavy atom. The molecule has 7 nitrogen and oxygen atoms in total. The van der Waals surface area contributed by atoms with Gasteiger partial charge in [-0.25, -0.2) is 4.79 Å². The number of rotatable bonds is 8. The van der Waals surface area contributed by atoms with E-state index in [1.807, 2.05) is 58.9 Å². The Bertz CT molecular complexity index is 799. The van der Waals surface area contributed by atoms with E-state index < -0.39 is 29.3 Å². The topological polar surface area (TPSA) is 87.7 Å².